The topological polar surface area (TPSA) is 73.6 Å². The Balaban J connectivity index is 0.00000231. The van der Waals surface area contributed by atoms with E-state index in [1.54, 1.807) is 0 Å². The molecule has 30 heavy (non-hydrogen) atoms. The van der Waals surface area contributed by atoms with Crippen LogP contribution in [0.25, 0.3) is 11.1 Å². The number of hydrogen-bond donors (Lipinski definition) is 2. The average Bonchev–Trinajstić information content (AvgIpc) is 3.46. The van der Waals surface area contributed by atoms with Crippen molar-refractivity contribution in [1.82, 2.24) is 0 Å². The molecular weight excluding hydrogens is 376 g/mol. The minimum Gasteiger partial charge on any atom is -0.454 e. The van der Waals surface area contributed by atoms with Crippen molar-refractivity contribution in [2.45, 2.75) is 31.7 Å². The molecule has 2 aliphatic rings. The van der Waals surface area contributed by atoms with Crippen LogP contribution in [0.5, 0.6) is 11.5 Å². The number of nitrogens with one attached hydrogen (secondary N) is 1. The van der Waals surface area contributed by atoms with Crippen molar-refractivity contribution in [2.24, 2.45) is 5.73 Å². The molecule has 5 nitrogen and oxygen atoms in total. The smallest absolute Gasteiger partial charge is 0.235 e. The van der Waals surface area contributed by atoms with Gasteiger partial charge in [0.25, 0.3) is 0 Å². The van der Waals surface area contributed by atoms with Gasteiger partial charge in [0.05, 0.1) is 5.41 Å². The van der Waals surface area contributed by atoms with Gasteiger partial charge in [-0.3, -0.25) is 4.79 Å². The van der Waals surface area contributed by atoms with E-state index >= 15 is 0 Å². The molecule has 3 aromatic carbocycles. The fourth-order valence-electron chi connectivity index (χ4n) is 4.05. The van der Waals surface area contributed by atoms with Crippen LogP contribution in [0.4, 0.5) is 5.69 Å². The summed E-state index contributed by atoms with van der Waals surface area (Å²) in [6.07, 6.45) is 1.66. The molecule has 0 spiro atoms. The molecule has 0 atom stereocenters. The lowest BCUT2D eigenvalue weighted by molar-refractivity contribution is -0.118. The second kappa shape index (κ2) is 7.18. The summed E-state index contributed by atoms with van der Waals surface area (Å²) in [6, 6.07) is 20.1. The number of aryl methyl sites for hydroxylation is 1. The molecule has 0 unspecified atom stereocenters. The van der Waals surface area contributed by atoms with Crippen molar-refractivity contribution >= 4 is 11.6 Å². The van der Waals surface area contributed by atoms with E-state index in [-0.39, 0.29) is 14.1 Å². The van der Waals surface area contributed by atoms with Crippen LogP contribution >= 0.6 is 0 Å². The van der Waals surface area contributed by atoms with Gasteiger partial charge in [0.1, 0.15) is 0 Å². The van der Waals surface area contributed by atoms with Gasteiger partial charge in [0.2, 0.25) is 12.7 Å². The predicted octanol–water partition coefficient (Wildman–Crippen LogP) is 4.77. The second-order valence-electron chi connectivity index (χ2n) is 8.04. The molecule has 154 valence electrons. The zero-order chi connectivity index (χ0) is 20.7. The third-order valence-electron chi connectivity index (χ3n) is 6.11. The number of benzene rings is 3. The first-order valence-corrected chi connectivity index (χ1v) is 10.2. The highest BCUT2D eigenvalue weighted by molar-refractivity contribution is 6.02. The van der Waals surface area contributed by atoms with Crippen LogP contribution in [0.3, 0.4) is 0 Å². The van der Waals surface area contributed by atoms with E-state index < -0.39 is 5.41 Å². The summed E-state index contributed by atoms with van der Waals surface area (Å²) in [4.78, 5) is 13.2. The highest BCUT2D eigenvalue weighted by atomic mass is 16.7. The summed E-state index contributed by atoms with van der Waals surface area (Å²) in [5.41, 5.74) is 11.5. The lowest BCUT2D eigenvalue weighted by atomic mass is 9.94. The summed E-state index contributed by atoms with van der Waals surface area (Å²) in [5, 5.41) is 3.14. The monoisotopic (exact) mass is 402 g/mol. The fraction of sp³-hybridized carbons (Fsp3) is 0.240. The van der Waals surface area contributed by atoms with Crippen LogP contribution in [0.15, 0.2) is 60.7 Å². The zero-order valence-electron chi connectivity index (χ0n) is 16.9. The summed E-state index contributed by atoms with van der Waals surface area (Å²) in [6.45, 7) is 2.83. The van der Waals surface area contributed by atoms with Gasteiger partial charge in [0.15, 0.2) is 11.5 Å². The maximum atomic E-state index is 13.2. The molecule has 0 bridgehead atoms. The molecule has 5 rings (SSSR count). The molecule has 1 heterocycles. The Kier molecular flexibility index (Phi) is 4.48. The molecule has 1 fully saturated rings. The van der Waals surface area contributed by atoms with Gasteiger partial charge in [-0.25, -0.2) is 0 Å². The van der Waals surface area contributed by atoms with Gasteiger partial charge < -0.3 is 20.5 Å². The minimum atomic E-state index is -0.491. The van der Waals surface area contributed by atoms with Crippen molar-refractivity contribution in [3.05, 3.63) is 77.4 Å². The summed E-state index contributed by atoms with van der Waals surface area (Å²) in [7, 11) is 0. The number of carbonyl (C=O) groups excluding carboxylic acids is 1. The Morgan fingerprint density at radius 3 is 2.53 bits per heavy atom. The van der Waals surface area contributed by atoms with Gasteiger partial charge in [-0.2, -0.15) is 0 Å². The molecule has 5 heteroatoms. The van der Waals surface area contributed by atoms with E-state index in [4.69, 9.17) is 15.2 Å². The molecule has 1 aliphatic heterocycles. The number of hydrogen-bond acceptors (Lipinski definition) is 4. The molecular formula is C25H26N2O3. The number of fused-ring (bicyclic) bond motifs is 1. The number of rotatable bonds is 5. The third kappa shape index (κ3) is 3.21. The average molecular weight is 402 g/mol. The Morgan fingerprint density at radius 2 is 1.80 bits per heavy atom. The molecule has 1 aliphatic carbocycles. The Hall–Kier alpha value is -3.31. The molecule has 1 saturated carbocycles. The normalized spacial score (nSPS) is 15.7. The van der Waals surface area contributed by atoms with E-state index in [1.807, 2.05) is 48.5 Å². The largest absolute Gasteiger partial charge is 0.454 e. The van der Waals surface area contributed by atoms with Crippen molar-refractivity contribution < 1.29 is 15.7 Å². The molecule has 3 aromatic rings. The van der Waals surface area contributed by atoms with Crippen LogP contribution in [0, 0.1) is 6.92 Å². The first kappa shape index (κ1) is 18.7. The Morgan fingerprint density at radius 1 is 1.03 bits per heavy atom. The second-order valence-corrected chi connectivity index (χ2v) is 8.04. The van der Waals surface area contributed by atoms with Gasteiger partial charge in [-0.15, -0.1) is 0 Å². The maximum absolute atomic E-state index is 13.2. The van der Waals surface area contributed by atoms with E-state index in [0.717, 1.165) is 52.1 Å². The number of anilines is 1. The minimum absolute atomic E-state index is 0. The van der Waals surface area contributed by atoms with Gasteiger partial charge in [0, 0.05) is 13.7 Å². The zero-order valence-corrected chi connectivity index (χ0v) is 16.9. The highest BCUT2D eigenvalue weighted by Crippen LogP contribution is 2.51. The number of carbonyl (C=O) groups is 1. The SMILES string of the molecule is Cc1ccc(NC(=O)C2(c3ccc4c(c3)OCO4)CC2)cc1-c1ccc(CN)cc1.[HH]. The van der Waals surface area contributed by atoms with Crippen molar-refractivity contribution in [3.63, 3.8) is 0 Å². The Bertz CT molecular complexity index is 1120. The molecule has 0 saturated heterocycles. The maximum Gasteiger partial charge on any atom is 0.235 e. The summed E-state index contributed by atoms with van der Waals surface area (Å²) >= 11 is 0. The van der Waals surface area contributed by atoms with Crippen molar-refractivity contribution in [1.29, 1.82) is 0 Å². The van der Waals surface area contributed by atoms with E-state index in [1.165, 1.54) is 0 Å². The van der Waals surface area contributed by atoms with Crippen LogP contribution in [0.1, 0.15) is 31.0 Å². The quantitative estimate of drug-likeness (QED) is 0.645. The van der Waals surface area contributed by atoms with Crippen LogP contribution in [-0.4, -0.2) is 12.7 Å². The molecule has 0 radical (unpaired) electrons. The van der Waals surface area contributed by atoms with E-state index in [0.29, 0.717) is 12.3 Å². The molecule has 0 aromatic heterocycles. The van der Waals surface area contributed by atoms with Crippen LogP contribution in [0.2, 0.25) is 0 Å². The Labute approximate surface area is 177 Å². The molecule has 1 amide bonds. The van der Waals surface area contributed by atoms with Gasteiger partial charge in [-0.05, 0) is 71.8 Å². The lowest BCUT2D eigenvalue weighted by Gasteiger charge is -2.17. The van der Waals surface area contributed by atoms with Crippen molar-refractivity contribution in [3.8, 4) is 22.6 Å². The standard InChI is InChI=1S/C25H24N2O3.H2/c1-16-2-8-20(13-21(16)18-5-3-17(14-26)4-6-18)27-24(28)25(10-11-25)19-7-9-22-23(12-19)30-15-29-22;/h2-9,12-13H,10-11,14-15,26H2,1H3,(H,27,28);1H. The first-order valence-electron chi connectivity index (χ1n) is 10.2. The first-order chi connectivity index (χ1) is 14.6. The van der Waals surface area contributed by atoms with E-state index in [2.05, 4.69) is 24.4 Å². The fourth-order valence-corrected chi connectivity index (χ4v) is 4.05. The van der Waals surface area contributed by atoms with Crippen LogP contribution in [-0.2, 0) is 16.8 Å². The lowest BCUT2D eigenvalue weighted by Crippen LogP contribution is -2.27. The summed E-state index contributed by atoms with van der Waals surface area (Å²) < 4.78 is 10.9. The van der Waals surface area contributed by atoms with Gasteiger partial charge in [-0.1, -0.05) is 36.4 Å². The molecule has 3 N–H and O–H groups in total. The van der Waals surface area contributed by atoms with Crippen LogP contribution < -0.4 is 20.5 Å². The van der Waals surface area contributed by atoms with Crippen molar-refractivity contribution in [2.75, 3.05) is 12.1 Å². The number of ether oxygens (including phenoxy) is 2. The third-order valence-corrected chi connectivity index (χ3v) is 6.11. The van der Waals surface area contributed by atoms with E-state index in [9.17, 15) is 4.79 Å². The highest BCUT2D eigenvalue weighted by Gasteiger charge is 2.51. The number of amides is 1. The predicted molar refractivity (Wildman–Crippen MR) is 119 cm³/mol. The number of nitrogens with two attached hydrogens (primary N) is 1. The summed E-state index contributed by atoms with van der Waals surface area (Å²) in [5.74, 6) is 1.47. The van der Waals surface area contributed by atoms with Gasteiger partial charge >= 0.3 is 0 Å².